The second-order valence-electron chi connectivity index (χ2n) is 7.70. The zero-order valence-corrected chi connectivity index (χ0v) is 14.1. The Labute approximate surface area is 128 Å². The van der Waals surface area contributed by atoms with E-state index < -0.39 is 0 Å². The van der Waals surface area contributed by atoms with Crippen LogP contribution < -0.4 is 4.74 Å². The van der Waals surface area contributed by atoms with Crippen molar-refractivity contribution in [2.24, 2.45) is 5.41 Å². The minimum Gasteiger partial charge on any atom is -0.504 e. The maximum Gasteiger partial charge on any atom is 0.164 e. The van der Waals surface area contributed by atoms with Gasteiger partial charge in [0.2, 0.25) is 0 Å². The maximum absolute atomic E-state index is 10.6. The molecule has 118 valence electrons. The Morgan fingerprint density at radius 1 is 1.29 bits per heavy atom. The van der Waals surface area contributed by atoms with Gasteiger partial charge in [-0.05, 0) is 17.3 Å². The second kappa shape index (κ2) is 5.53. The van der Waals surface area contributed by atoms with Crippen molar-refractivity contribution in [3.8, 4) is 11.5 Å². The molecule has 3 nitrogen and oxygen atoms in total. The van der Waals surface area contributed by atoms with Crippen molar-refractivity contribution in [1.82, 2.24) is 0 Å². The van der Waals surface area contributed by atoms with Crippen LogP contribution in [0.15, 0.2) is 12.1 Å². The molecule has 1 aromatic carbocycles. The third-order valence-electron chi connectivity index (χ3n) is 4.67. The van der Waals surface area contributed by atoms with Crippen LogP contribution in [0.1, 0.15) is 58.1 Å². The van der Waals surface area contributed by atoms with E-state index in [1.165, 1.54) is 0 Å². The zero-order valence-electron chi connectivity index (χ0n) is 14.1. The molecule has 0 bridgehead atoms. The molecule has 2 rings (SSSR count). The first kappa shape index (κ1) is 16.2. The minimum absolute atomic E-state index is 0.117. The van der Waals surface area contributed by atoms with Gasteiger partial charge >= 0.3 is 0 Å². The van der Waals surface area contributed by atoms with Crippen LogP contribution in [0.2, 0.25) is 0 Å². The van der Waals surface area contributed by atoms with Gasteiger partial charge in [-0.3, -0.25) is 0 Å². The lowest BCUT2D eigenvalue weighted by Gasteiger charge is -2.39. The smallest absolute Gasteiger partial charge is 0.164 e. The van der Waals surface area contributed by atoms with E-state index in [9.17, 15) is 5.11 Å². The number of ether oxygens (including phenoxy) is 2. The highest BCUT2D eigenvalue weighted by molar-refractivity contribution is 5.55. The molecule has 21 heavy (non-hydrogen) atoms. The average Bonchev–Trinajstić information content (AvgIpc) is 2.36. The molecule has 1 heterocycles. The summed E-state index contributed by atoms with van der Waals surface area (Å²) in [5, 5.41) is 10.6. The Morgan fingerprint density at radius 2 is 1.95 bits per heavy atom. The van der Waals surface area contributed by atoms with E-state index in [4.69, 9.17) is 9.47 Å². The number of aromatic hydroxyl groups is 1. The Balaban J connectivity index is 2.52. The predicted octanol–water partition coefficient (Wildman–Crippen LogP) is 4.23. The lowest BCUT2D eigenvalue weighted by molar-refractivity contribution is 0.00944. The van der Waals surface area contributed by atoms with Gasteiger partial charge in [-0.2, -0.15) is 0 Å². The van der Waals surface area contributed by atoms with Gasteiger partial charge in [0.1, 0.15) is 0 Å². The monoisotopic (exact) mass is 292 g/mol. The summed E-state index contributed by atoms with van der Waals surface area (Å²) in [4.78, 5) is 0. The molecular formula is C18H28O3. The maximum atomic E-state index is 10.6. The highest BCUT2D eigenvalue weighted by Gasteiger charge is 2.37. The second-order valence-corrected chi connectivity index (χ2v) is 7.70. The van der Waals surface area contributed by atoms with Crippen LogP contribution in [0, 0.1) is 5.41 Å². The number of hydrogen-bond donors (Lipinski definition) is 1. The van der Waals surface area contributed by atoms with Gasteiger partial charge in [-0.25, -0.2) is 0 Å². The molecule has 0 spiro atoms. The molecular weight excluding hydrogens is 264 g/mol. The van der Waals surface area contributed by atoms with Crippen molar-refractivity contribution in [3.63, 3.8) is 0 Å². The molecule has 1 N–H and O–H groups in total. The van der Waals surface area contributed by atoms with Crippen molar-refractivity contribution < 1.29 is 14.6 Å². The summed E-state index contributed by atoms with van der Waals surface area (Å²) in [6, 6.07) is 4.12. The molecule has 1 aromatic rings. The van der Waals surface area contributed by atoms with Crippen molar-refractivity contribution in [2.45, 2.75) is 52.4 Å². The van der Waals surface area contributed by atoms with Crippen molar-refractivity contribution in [3.05, 3.63) is 23.3 Å². The summed E-state index contributed by atoms with van der Waals surface area (Å²) < 4.78 is 11.2. The topological polar surface area (TPSA) is 38.7 Å². The van der Waals surface area contributed by atoms with Gasteiger partial charge in [0.25, 0.3) is 0 Å². The standard InChI is InChI=1S/C18H28O3/c1-17(2,3)13-8-7-12(16(20-6)15(13)19)14-11-21-10-9-18(14,4)5/h7-8,14,19H,9-11H2,1-6H3. The van der Waals surface area contributed by atoms with Gasteiger partial charge in [0.15, 0.2) is 11.5 Å². The summed E-state index contributed by atoms with van der Waals surface area (Å²) in [7, 11) is 1.63. The molecule has 1 aliphatic heterocycles. The van der Waals surface area contributed by atoms with Gasteiger partial charge in [0, 0.05) is 23.7 Å². The first-order valence-electron chi connectivity index (χ1n) is 7.66. The van der Waals surface area contributed by atoms with Crippen LogP contribution in [-0.2, 0) is 10.2 Å². The fourth-order valence-corrected chi connectivity index (χ4v) is 3.13. The summed E-state index contributed by atoms with van der Waals surface area (Å²) in [6.45, 7) is 12.3. The van der Waals surface area contributed by atoms with E-state index in [0.717, 1.165) is 24.2 Å². The summed E-state index contributed by atoms with van der Waals surface area (Å²) in [5.74, 6) is 1.11. The normalized spacial score (nSPS) is 22.1. The largest absolute Gasteiger partial charge is 0.504 e. The van der Waals surface area contributed by atoms with Gasteiger partial charge in [0.05, 0.1) is 13.7 Å². The van der Waals surface area contributed by atoms with Crippen molar-refractivity contribution in [2.75, 3.05) is 20.3 Å². The average molecular weight is 292 g/mol. The minimum atomic E-state index is -0.117. The molecule has 0 aromatic heterocycles. The van der Waals surface area contributed by atoms with Crippen molar-refractivity contribution in [1.29, 1.82) is 0 Å². The molecule has 1 atom stereocenters. The SMILES string of the molecule is COc1c(C2COCCC2(C)C)ccc(C(C)(C)C)c1O. The molecule has 0 amide bonds. The fraction of sp³-hybridized carbons (Fsp3) is 0.667. The van der Waals surface area contributed by atoms with E-state index >= 15 is 0 Å². The van der Waals surface area contributed by atoms with Crippen LogP contribution in [0.4, 0.5) is 0 Å². The summed E-state index contributed by atoms with van der Waals surface area (Å²) in [5.41, 5.74) is 1.99. The lowest BCUT2D eigenvalue weighted by Crippen LogP contribution is -2.33. The molecule has 0 saturated carbocycles. The number of phenols is 1. The van der Waals surface area contributed by atoms with E-state index in [1.54, 1.807) is 7.11 Å². The van der Waals surface area contributed by atoms with E-state index in [0.29, 0.717) is 12.4 Å². The fourth-order valence-electron chi connectivity index (χ4n) is 3.13. The zero-order chi connectivity index (χ0) is 15.8. The molecule has 0 aliphatic carbocycles. The van der Waals surface area contributed by atoms with Crippen LogP contribution in [-0.4, -0.2) is 25.4 Å². The highest BCUT2D eigenvalue weighted by atomic mass is 16.5. The third kappa shape index (κ3) is 3.03. The Morgan fingerprint density at radius 3 is 2.48 bits per heavy atom. The number of phenolic OH excluding ortho intramolecular Hbond substituents is 1. The number of benzene rings is 1. The highest BCUT2D eigenvalue weighted by Crippen LogP contribution is 2.49. The van der Waals surface area contributed by atoms with Crippen molar-refractivity contribution >= 4 is 0 Å². The molecule has 1 saturated heterocycles. The van der Waals surface area contributed by atoms with E-state index in [2.05, 4.69) is 40.7 Å². The Kier molecular flexibility index (Phi) is 4.25. The molecule has 1 unspecified atom stereocenters. The third-order valence-corrected chi connectivity index (χ3v) is 4.67. The van der Waals surface area contributed by atoms with Crippen LogP contribution in [0.3, 0.4) is 0 Å². The quantitative estimate of drug-likeness (QED) is 0.886. The molecule has 1 fully saturated rings. The van der Waals surface area contributed by atoms with Gasteiger partial charge in [-0.15, -0.1) is 0 Å². The number of hydrogen-bond acceptors (Lipinski definition) is 3. The molecule has 1 aliphatic rings. The van der Waals surface area contributed by atoms with Gasteiger partial charge < -0.3 is 14.6 Å². The van der Waals surface area contributed by atoms with Crippen LogP contribution in [0.5, 0.6) is 11.5 Å². The lowest BCUT2D eigenvalue weighted by atomic mass is 9.71. The summed E-state index contributed by atoms with van der Waals surface area (Å²) in [6.07, 6.45) is 1.02. The Bertz CT molecular complexity index is 512. The van der Waals surface area contributed by atoms with E-state index in [-0.39, 0.29) is 22.5 Å². The van der Waals surface area contributed by atoms with Crippen LogP contribution >= 0.6 is 0 Å². The van der Waals surface area contributed by atoms with Gasteiger partial charge in [-0.1, -0.05) is 46.8 Å². The molecule has 3 heteroatoms. The van der Waals surface area contributed by atoms with Crippen LogP contribution in [0.25, 0.3) is 0 Å². The predicted molar refractivity (Wildman–Crippen MR) is 85.3 cm³/mol. The summed E-state index contributed by atoms with van der Waals surface area (Å²) >= 11 is 0. The van der Waals surface area contributed by atoms with E-state index in [1.807, 2.05) is 6.07 Å². The number of methoxy groups -OCH3 is 1. The number of rotatable bonds is 2. The molecule has 0 radical (unpaired) electrons. The first-order valence-corrected chi connectivity index (χ1v) is 7.66. The first-order chi connectivity index (χ1) is 9.68. The Hall–Kier alpha value is -1.22.